The number of halogens is 3. The van der Waals surface area contributed by atoms with E-state index < -0.39 is 6.36 Å². The topological polar surface area (TPSA) is 52.2 Å². The molecule has 0 aromatic heterocycles. The van der Waals surface area contributed by atoms with Gasteiger partial charge in [-0.2, -0.15) is 0 Å². The molecule has 9 heteroatoms. The molecule has 0 spiro atoms. The van der Waals surface area contributed by atoms with Crippen molar-refractivity contribution in [1.82, 2.24) is 0 Å². The number of ether oxygens (including phenoxy) is 4. The highest BCUT2D eigenvalue weighted by atomic mass is 19.4. The molecular weight excluding hydrogens is 653 g/mol. The minimum Gasteiger partial charge on any atom is -0.494 e. The molecule has 0 amide bonds. The quantitative estimate of drug-likeness (QED) is 0.131. The number of aryl methyl sites for hydroxylation is 2. The molecule has 0 bridgehead atoms. The normalized spacial score (nSPS) is 13.4. The summed E-state index contributed by atoms with van der Waals surface area (Å²) >= 11 is 0. The summed E-state index contributed by atoms with van der Waals surface area (Å²) in [6.45, 7) is 4.56. The van der Waals surface area contributed by atoms with E-state index in [0.29, 0.717) is 25.6 Å². The number of hydrogen-bond acceptors (Lipinski definition) is 6. The second-order valence-electron chi connectivity index (χ2n) is 12.5. The third kappa shape index (κ3) is 11.1. The summed E-state index contributed by atoms with van der Waals surface area (Å²) in [5.74, 6) is 2.10. The van der Waals surface area contributed by atoms with Crippen LogP contribution in [0.5, 0.6) is 23.0 Å². The average Bonchev–Trinajstić information content (AvgIpc) is 3.16. The Labute approximate surface area is 297 Å². The lowest BCUT2D eigenvalue weighted by Gasteiger charge is -2.31. The number of anilines is 2. The van der Waals surface area contributed by atoms with Crippen molar-refractivity contribution >= 4 is 11.4 Å². The first-order valence-electron chi connectivity index (χ1n) is 17.4. The Morgan fingerprint density at radius 2 is 1.20 bits per heavy atom. The molecule has 0 saturated heterocycles. The number of alkyl halides is 3. The molecule has 0 saturated carbocycles. The zero-order valence-corrected chi connectivity index (χ0v) is 28.5. The standard InChI is InChI=1S/C26H26F3NO3.C16H17NO/c27-26(28,29)33-23-11-9-22(10-12-23)31-17-5-16-30-15-4-8-21-18-24(13-14-25(21)30)32-19-20-6-2-1-3-7-20;1-2-5-13(6-3-1)12-18-15-8-9-16-14(11-15)7-4-10-17-16/h1-3,6-7,9-14,18H,4-5,8,15-17,19H2;1-3,5-6,8-9,11,17H,4,7,10,12H2. The summed E-state index contributed by atoms with van der Waals surface area (Å²) in [6, 6.07) is 38.4. The molecule has 0 aliphatic carbocycles. The van der Waals surface area contributed by atoms with Crippen molar-refractivity contribution in [2.24, 2.45) is 0 Å². The van der Waals surface area contributed by atoms with Gasteiger partial charge in [0.05, 0.1) is 6.61 Å². The van der Waals surface area contributed by atoms with Crippen LogP contribution in [0.25, 0.3) is 0 Å². The van der Waals surface area contributed by atoms with Crippen LogP contribution in [0.15, 0.2) is 121 Å². The third-order valence-electron chi connectivity index (χ3n) is 8.68. The van der Waals surface area contributed by atoms with Crippen LogP contribution in [0.3, 0.4) is 0 Å². The van der Waals surface area contributed by atoms with Crippen molar-refractivity contribution in [3.8, 4) is 23.0 Å². The zero-order valence-electron chi connectivity index (χ0n) is 28.5. The van der Waals surface area contributed by atoms with Crippen molar-refractivity contribution in [3.05, 3.63) is 144 Å². The van der Waals surface area contributed by atoms with Gasteiger partial charge in [-0.3, -0.25) is 0 Å². The van der Waals surface area contributed by atoms with Crippen LogP contribution < -0.4 is 29.2 Å². The molecular formula is C42H43F3N2O4. The zero-order chi connectivity index (χ0) is 35.3. The van der Waals surface area contributed by atoms with Crippen LogP contribution in [0.1, 0.15) is 41.5 Å². The van der Waals surface area contributed by atoms with Crippen LogP contribution in [0.2, 0.25) is 0 Å². The maximum atomic E-state index is 12.2. The van der Waals surface area contributed by atoms with Gasteiger partial charge in [0.1, 0.15) is 36.2 Å². The van der Waals surface area contributed by atoms with E-state index in [1.54, 1.807) is 0 Å². The van der Waals surface area contributed by atoms with Gasteiger partial charge in [0.2, 0.25) is 0 Å². The smallest absolute Gasteiger partial charge is 0.494 e. The Hall–Kier alpha value is -5.31. The first-order valence-corrected chi connectivity index (χ1v) is 17.4. The molecule has 0 atom stereocenters. The molecule has 0 fully saturated rings. The molecule has 2 aliphatic rings. The Bertz CT molecular complexity index is 1800. The van der Waals surface area contributed by atoms with E-state index in [9.17, 15) is 13.2 Å². The Morgan fingerprint density at radius 1 is 0.608 bits per heavy atom. The lowest BCUT2D eigenvalue weighted by molar-refractivity contribution is -0.274. The van der Waals surface area contributed by atoms with Gasteiger partial charge >= 0.3 is 6.36 Å². The van der Waals surface area contributed by atoms with Gasteiger partial charge in [-0.25, -0.2) is 0 Å². The van der Waals surface area contributed by atoms with Gasteiger partial charge in [-0.15, -0.1) is 13.2 Å². The summed E-state index contributed by atoms with van der Waals surface area (Å²) in [7, 11) is 0. The number of nitrogens with one attached hydrogen (secondary N) is 1. The van der Waals surface area contributed by atoms with Crippen molar-refractivity contribution in [3.63, 3.8) is 0 Å². The largest absolute Gasteiger partial charge is 0.573 e. The highest BCUT2D eigenvalue weighted by molar-refractivity contribution is 5.58. The maximum absolute atomic E-state index is 12.2. The molecule has 2 aliphatic heterocycles. The lowest BCUT2D eigenvalue weighted by atomic mass is 10.0. The van der Waals surface area contributed by atoms with E-state index in [1.807, 2.05) is 60.7 Å². The molecule has 51 heavy (non-hydrogen) atoms. The number of benzene rings is 5. The van der Waals surface area contributed by atoms with E-state index >= 15 is 0 Å². The van der Waals surface area contributed by atoms with E-state index in [2.05, 4.69) is 51.4 Å². The van der Waals surface area contributed by atoms with E-state index in [0.717, 1.165) is 62.4 Å². The number of nitrogens with zero attached hydrogens (tertiary/aromatic N) is 1. The molecule has 1 N–H and O–H groups in total. The first-order chi connectivity index (χ1) is 24.9. The Kier molecular flexibility index (Phi) is 12.2. The number of hydrogen-bond donors (Lipinski definition) is 1. The second-order valence-corrected chi connectivity index (χ2v) is 12.5. The second kappa shape index (κ2) is 17.6. The van der Waals surface area contributed by atoms with E-state index in [1.165, 1.54) is 58.8 Å². The predicted octanol–water partition coefficient (Wildman–Crippen LogP) is 10.0. The highest BCUT2D eigenvalue weighted by Crippen LogP contribution is 2.31. The minimum absolute atomic E-state index is 0.258. The fourth-order valence-electron chi connectivity index (χ4n) is 6.18. The molecule has 5 aromatic rings. The first kappa shape index (κ1) is 35.5. The molecule has 5 aromatic carbocycles. The third-order valence-corrected chi connectivity index (χ3v) is 8.68. The van der Waals surface area contributed by atoms with E-state index in [4.69, 9.17) is 14.2 Å². The van der Waals surface area contributed by atoms with Crippen LogP contribution in [-0.4, -0.2) is 32.6 Å². The SMILES string of the molecule is FC(F)(F)Oc1ccc(OCCCN2CCCc3cc(OCc4ccccc4)ccc32)cc1.c1ccc(COc2ccc3c(c2)CCCN3)cc1. The van der Waals surface area contributed by atoms with Crippen LogP contribution in [-0.2, 0) is 26.1 Å². The van der Waals surface area contributed by atoms with Crippen LogP contribution >= 0.6 is 0 Å². The van der Waals surface area contributed by atoms with Crippen molar-refractivity contribution in [2.45, 2.75) is 51.7 Å². The summed E-state index contributed by atoms with van der Waals surface area (Å²) in [5, 5.41) is 3.41. The van der Waals surface area contributed by atoms with Gasteiger partial charge in [0.15, 0.2) is 0 Å². The number of rotatable bonds is 12. The van der Waals surface area contributed by atoms with Gasteiger partial charge in [-0.1, -0.05) is 60.7 Å². The van der Waals surface area contributed by atoms with Crippen molar-refractivity contribution in [1.29, 1.82) is 0 Å². The van der Waals surface area contributed by atoms with Gasteiger partial charge in [0.25, 0.3) is 0 Å². The fraction of sp³-hybridized carbons (Fsp3) is 0.286. The van der Waals surface area contributed by atoms with E-state index in [-0.39, 0.29) is 5.75 Å². The maximum Gasteiger partial charge on any atom is 0.573 e. The van der Waals surface area contributed by atoms with Gasteiger partial charge in [0, 0.05) is 31.0 Å². The Morgan fingerprint density at radius 3 is 1.86 bits per heavy atom. The molecule has 266 valence electrons. The monoisotopic (exact) mass is 696 g/mol. The summed E-state index contributed by atoms with van der Waals surface area (Å²) in [5.41, 5.74) is 7.47. The van der Waals surface area contributed by atoms with Gasteiger partial charge < -0.3 is 29.2 Å². The molecule has 6 nitrogen and oxygen atoms in total. The number of fused-ring (bicyclic) bond motifs is 2. The minimum atomic E-state index is -4.69. The summed E-state index contributed by atoms with van der Waals surface area (Å²) in [6.07, 6.45) is 0.558. The molecule has 0 radical (unpaired) electrons. The van der Waals surface area contributed by atoms with Gasteiger partial charge in [-0.05, 0) is 115 Å². The molecule has 2 heterocycles. The average molecular weight is 697 g/mol. The predicted molar refractivity (Wildman–Crippen MR) is 195 cm³/mol. The fourth-order valence-corrected chi connectivity index (χ4v) is 6.18. The van der Waals surface area contributed by atoms with Crippen LogP contribution in [0, 0.1) is 0 Å². The lowest BCUT2D eigenvalue weighted by Crippen LogP contribution is -2.31. The van der Waals surface area contributed by atoms with Crippen molar-refractivity contribution in [2.75, 3.05) is 36.5 Å². The van der Waals surface area contributed by atoms with Crippen molar-refractivity contribution < 1.29 is 32.1 Å². The molecule has 7 rings (SSSR count). The summed E-state index contributed by atoms with van der Waals surface area (Å²) < 4.78 is 58.1. The van der Waals surface area contributed by atoms with Crippen LogP contribution in [0.4, 0.5) is 24.5 Å². The summed E-state index contributed by atoms with van der Waals surface area (Å²) in [4.78, 5) is 2.35. The highest BCUT2D eigenvalue weighted by Gasteiger charge is 2.31. The Balaban J connectivity index is 0.000000208. The molecule has 0 unspecified atom stereocenters.